The van der Waals surface area contributed by atoms with Gasteiger partial charge in [-0.05, 0) is 36.4 Å². The van der Waals surface area contributed by atoms with Crippen molar-refractivity contribution in [2.75, 3.05) is 19.5 Å². The molecule has 0 heterocycles. The van der Waals surface area contributed by atoms with Crippen LogP contribution in [0, 0.1) is 0 Å². The van der Waals surface area contributed by atoms with Crippen LogP contribution in [0.3, 0.4) is 0 Å². The topological polar surface area (TPSA) is 64.6 Å². The Hall–Kier alpha value is -2.53. The average Bonchev–Trinajstić information content (AvgIpc) is 2.56. The first-order valence-corrected chi connectivity index (χ1v) is 6.77. The van der Waals surface area contributed by atoms with Crippen LogP contribution < -0.4 is 10.1 Å². The van der Waals surface area contributed by atoms with E-state index in [0.717, 1.165) is 0 Å². The van der Waals surface area contributed by atoms with E-state index in [-0.39, 0.29) is 22.2 Å². The number of carbonyl (C=O) groups is 2. The molecule has 0 unspecified atom stereocenters. The van der Waals surface area contributed by atoms with Gasteiger partial charge in [0.05, 0.1) is 30.5 Å². The van der Waals surface area contributed by atoms with Crippen LogP contribution in [0.5, 0.6) is 5.75 Å². The van der Waals surface area contributed by atoms with Crippen molar-refractivity contribution in [3.05, 3.63) is 58.6 Å². The minimum atomic E-state index is -0.576. The highest BCUT2D eigenvalue weighted by Crippen LogP contribution is 2.27. The highest BCUT2D eigenvalue weighted by atomic mass is 35.5. The number of anilines is 1. The second-order valence-corrected chi connectivity index (χ2v) is 4.74. The molecule has 0 aliphatic carbocycles. The summed E-state index contributed by atoms with van der Waals surface area (Å²) in [6, 6.07) is 11.3. The minimum absolute atomic E-state index is 0.192. The summed E-state index contributed by atoms with van der Waals surface area (Å²) < 4.78 is 9.72. The van der Waals surface area contributed by atoms with Crippen LogP contribution in [0.2, 0.25) is 5.02 Å². The van der Waals surface area contributed by atoms with E-state index in [1.54, 1.807) is 43.5 Å². The predicted molar refractivity (Wildman–Crippen MR) is 83.7 cm³/mol. The van der Waals surface area contributed by atoms with Crippen LogP contribution in [-0.2, 0) is 4.74 Å². The van der Waals surface area contributed by atoms with Gasteiger partial charge in [0.1, 0.15) is 5.75 Å². The molecule has 0 bridgehead atoms. The van der Waals surface area contributed by atoms with Gasteiger partial charge in [-0.2, -0.15) is 0 Å². The minimum Gasteiger partial charge on any atom is -0.497 e. The number of amides is 1. The van der Waals surface area contributed by atoms with Gasteiger partial charge in [0.25, 0.3) is 5.91 Å². The Balaban J connectivity index is 2.29. The summed E-state index contributed by atoms with van der Waals surface area (Å²) in [7, 11) is 2.81. The summed E-state index contributed by atoms with van der Waals surface area (Å²) in [5.74, 6) is -0.321. The first-order chi connectivity index (χ1) is 10.6. The van der Waals surface area contributed by atoms with E-state index in [1.807, 2.05) is 0 Å². The smallest absolute Gasteiger partial charge is 0.340 e. The number of hydrogen-bond donors (Lipinski definition) is 1. The van der Waals surface area contributed by atoms with Gasteiger partial charge >= 0.3 is 5.97 Å². The molecule has 5 nitrogen and oxygen atoms in total. The average molecular weight is 320 g/mol. The summed E-state index contributed by atoms with van der Waals surface area (Å²) >= 11 is 6.07. The molecule has 0 aromatic heterocycles. The number of rotatable bonds is 4. The lowest BCUT2D eigenvalue weighted by Crippen LogP contribution is -2.15. The van der Waals surface area contributed by atoms with Crippen LogP contribution >= 0.6 is 11.6 Å². The van der Waals surface area contributed by atoms with Crippen LogP contribution in [-0.4, -0.2) is 26.1 Å². The third-order valence-electron chi connectivity index (χ3n) is 3.01. The molecule has 0 saturated carbocycles. The number of esters is 1. The number of nitrogens with one attached hydrogen (secondary N) is 1. The monoisotopic (exact) mass is 319 g/mol. The molecule has 2 aromatic carbocycles. The number of benzene rings is 2. The quantitative estimate of drug-likeness (QED) is 0.877. The summed E-state index contributed by atoms with van der Waals surface area (Å²) in [4.78, 5) is 24.0. The molecule has 0 radical (unpaired) electrons. The van der Waals surface area contributed by atoms with Gasteiger partial charge in [0.15, 0.2) is 0 Å². The zero-order valence-corrected chi connectivity index (χ0v) is 12.8. The Morgan fingerprint density at radius 3 is 2.32 bits per heavy atom. The third-order valence-corrected chi connectivity index (χ3v) is 3.32. The summed E-state index contributed by atoms with van der Waals surface area (Å²) in [6.45, 7) is 0. The van der Waals surface area contributed by atoms with Crippen molar-refractivity contribution in [2.24, 2.45) is 0 Å². The zero-order valence-electron chi connectivity index (χ0n) is 12.1. The maximum Gasteiger partial charge on any atom is 0.340 e. The van der Waals surface area contributed by atoms with Crippen LogP contribution in [0.25, 0.3) is 0 Å². The Morgan fingerprint density at radius 1 is 1.05 bits per heavy atom. The van der Waals surface area contributed by atoms with Gasteiger partial charge in [-0.3, -0.25) is 4.79 Å². The fourth-order valence-electron chi connectivity index (χ4n) is 1.86. The first-order valence-electron chi connectivity index (χ1n) is 6.39. The molecular weight excluding hydrogens is 306 g/mol. The Labute approximate surface area is 132 Å². The number of hydrogen-bond acceptors (Lipinski definition) is 4. The second-order valence-electron chi connectivity index (χ2n) is 4.34. The van der Waals surface area contributed by atoms with Crippen molar-refractivity contribution in [3.8, 4) is 5.75 Å². The van der Waals surface area contributed by atoms with E-state index in [2.05, 4.69) is 10.1 Å². The lowest BCUT2D eigenvalue weighted by atomic mass is 10.1. The summed E-state index contributed by atoms with van der Waals surface area (Å²) in [5.41, 5.74) is 0.824. The third kappa shape index (κ3) is 3.38. The number of halogens is 1. The van der Waals surface area contributed by atoms with Gasteiger partial charge in [-0.1, -0.05) is 17.7 Å². The van der Waals surface area contributed by atoms with Gasteiger partial charge < -0.3 is 14.8 Å². The van der Waals surface area contributed by atoms with Crippen molar-refractivity contribution in [1.82, 2.24) is 0 Å². The normalized spacial score (nSPS) is 9.95. The second kappa shape index (κ2) is 6.95. The standard InChI is InChI=1S/C16H14ClNO4/c1-21-11-8-6-10(7-9-11)15(19)18-14-12(16(20)22-2)4-3-5-13(14)17/h3-9H,1-2H3,(H,18,19). The number of carbonyl (C=O) groups excluding carboxylic acids is 2. The lowest BCUT2D eigenvalue weighted by molar-refractivity contribution is 0.0602. The Kier molecular flexibility index (Phi) is 5.01. The number of ether oxygens (including phenoxy) is 2. The number of methoxy groups -OCH3 is 2. The SMILES string of the molecule is COC(=O)c1cccc(Cl)c1NC(=O)c1ccc(OC)cc1. The number of para-hydroxylation sites is 1. The molecule has 0 saturated heterocycles. The first kappa shape index (κ1) is 15.9. The van der Waals surface area contributed by atoms with Crippen molar-refractivity contribution in [3.63, 3.8) is 0 Å². The predicted octanol–water partition coefficient (Wildman–Crippen LogP) is 3.39. The largest absolute Gasteiger partial charge is 0.497 e. The van der Waals surface area contributed by atoms with E-state index in [0.29, 0.717) is 11.3 Å². The molecule has 0 fully saturated rings. The van der Waals surface area contributed by atoms with E-state index in [4.69, 9.17) is 16.3 Å². The van der Waals surface area contributed by atoms with E-state index in [1.165, 1.54) is 13.2 Å². The molecule has 6 heteroatoms. The van der Waals surface area contributed by atoms with Crippen molar-refractivity contribution < 1.29 is 19.1 Å². The Bertz CT molecular complexity index is 698. The lowest BCUT2D eigenvalue weighted by Gasteiger charge is -2.11. The Morgan fingerprint density at radius 2 is 1.73 bits per heavy atom. The van der Waals surface area contributed by atoms with Crippen molar-refractivity contribution in [1.29, 1.82) is 0 Å². The van der Waals surface area contributed by atoms with Crippen LogP contribution in [0.4, 0.5) is 5.69 Å². The fourth-order valence-corrected chi connectivity index (χ4v) is 2.08. The van der Waals surface area contributed by atoms with Gasteiger partial charge in [0, 0.05) is 5.56 Å². The molecule has 22 heavy (non-hydrogen) atoms. The molecule has 0 aliphatic rings. The van der Waals surface area contributed by atoms with Gasteiger partial charge in [-0.15, -0.1) is 0 Å². The van der Waals surface area contributed by atoms with Crippen molar-refractivity contribution >= 4 is 29.2 Å². The van der Waals surface area contributed by atoms with Crippen LogP contribution in [0.1, 0.15) is 20.7 Å². The molecule has 0 atom stereocenters. The maximum absolute atomic E-state index is 12.3. The molecular formula is C16H14ClNO4. The van der Waals surface area contributed by atoms with E-state index >= 15 is 0 Å². The highest BCUT2D eigenvalue weighted by Gasteiger charge is 2.17. The van der Waals surface area contributed by atoms with Crippen LogP contribution in [0.15, 0.2) is 42.5 Å². The van der Waals surface area contributed by atoms with Gasteiger partial charge in [0.2, 0.25) is 0 Å². The van der Waals surface area contributed by atoms with E-state index in [9.17, 15) is 9.59 Å². The fraction of sp³-hybridized carbons (Fsp3) is 0.125. The molecule has 2 rings (SSSR count). The molecule has 2 aromatic rings. The highest BCUT2D eigenvalue weighted by molar-refractivity contribution is 6.35. The summed E-state index contributed by atoms with van der Waals surface area (Å²) in [6.07, 6.45) is 0. The van der Waals surface area contributed by atoms with E-state index < -0.39 is 5.97 Å². The van der Waals surface area contributed by atoms with Crippen molar-refractivity contribution in [2.45, 2.75) is 0 Å². The molecule has 0 spiro atoms. The molecule has 114 valence electrons. The van der Waals surface area contributed by atoms with Gasteiger partial charge in [-0.25, -0.2) is 4.79 Å². The molecule has 1 N–H and O–H groups in total. The maximum atomic E-state index is 12.3. The molecule has 1 amide bonds. The zero-order chi connectivity index (χ0) is 16.1. The summed E-state index contributed by atoms with van der Waals surface area (Å²) in [5, 5.41) is 2.89. The molecule has 0 aliphatic heterocycles.